The van der Waals surface area contributed by atoms with Crippen LogP contribution in [0.5, 0.6) is 5.75 Å². The van der Waals surface area contributed by atoms with Gasteiger partial charge in [-0.15, -0.1) is 0 Å². The lowest BCUT2D eigenvalue weighted by Crippen LogP contribution is -2.45. The predicted molar refractivity (Wildman–Crippen MR) is 134 cm³/mol. The van der Waals surface area contributed by atoms with E-state index in [1.165, 1.54) is 0 Å². The Hall–Kier alpha value is -3.67. The summed E-state index contributed by atoms with van der Waals surface area (Å²) in [5, 5.41) is 13.6. The number of nitrogens with zero attached hydrogens (tertiary/aromatic N) is 4. The second-order valence-corrected chi connectivity index (χ2v) is 9.56. The number of hydrogen-bond donors (Lipinski definition) is 1. The number of aromatic hydroxyl groups is 1. The van der Waals surface area contributed by atoms with Crippen LogP contribution in [0, 0.1) is 0 Å². The van der Waals surface area contributed by atoms with E-state index in [-0.39, 0.29) is 17.2 Å². The van der Waals surface area contributed by atoms with Crippen LogP contribution in [0.15, 0.2) is 67.0 Å². The fourth-order valence-corrected chi connectivity index (χ4v) is 5.95. The minimum absolute atomic E-state index is 0.00240. The van der Waals surface area contributed by atoms with Gasteiger partial charge >= 0.3 is 0 Å². The molecule has 2 saturated heterocycles. The summed E-state index contributed by atoms with van der Waals surface area (Å²) in [5.41, 5.74) is 1.35. The largest absolute Gasteiger partial charge is 0.507 e. The highest BCUT2D eigenvalue weighted by Crippen LogP contribution is 2.42. The Kier molecular flexibility index (Phi) is 5.09. The molecule has 2 aliphatic heterocycles. The Bertz CT molecular complexity index is 1380. The first kappa shape index (κ1) is 20.9. The number of carbonyl (C=O) groups excluding carboxylic acids is 1. The van der Waals surface area contributed by atoms with Gasteiger partial charge in [-0.25, -0.2) is 9.97 Å². The van der Waals surface area contributed by atoms with Crippen molar-refractivity contribution in [3.8, 4) is 5.75 Å². The molecule has 0 aliphatic carbocycles. The summed E-state index contributed by atoms with van der Waals surface area (Å²) in [4.78, 5) is 27.0. The highest BCUT2D eigenvalue weighted by Gasteiger charge is 2.43. The Balaban J connectivity index is 1.28. The first-order valence-electron chi connectivity index (χ1n) is 12.1. The molecule has 0 bridgehead atoms. The molecule has 2 aliphatic rings. The minimum Gasteiger partial charge on any atom is -0.507 e. The number of carbonyl (C=O) groups is 1. The van der Waals surface area contributed by atoms with E-state index in [0.717, 1.165) is 66.1 Å². The zero-order valence-corrected chi connectivity index (χ0v) is 19.2. The SMILES string of the molecule is O=C(c1cc2ccccc2cc1O)N1CCC[C@]2(CCCN2c2ncnc3ccccc23)CC1. The third-order valence-electron chi connectivity index (χ3n) is 7.67. The number of fused-ring (bicyclic) bond motifs is 2. The molecular formula is C28H28N4O2. The van der Waals surface area contributed by atoms with Crippen LogP contribution in [0.3, 0.4) is 0 Å². The summed E-state index contributed by atoms with van der Waals surface area (Å²) in [7, 11) is 0. The monoisotopic (exact) mass is 452 g/mol. The number of phenolic OH excluding ortho intramolecular Hbond substituents is 1. The normalized spacial score (nSPS) is 20.8. The number of phenols is 1. The maximum atomic E-state index is 13.5. The van der Waals surface area contributed by atoms with E-state index in [2.05, 4.69) is 16.0 Å². The van der Waals surface area contributed by atoms with Crippen LogP contribution in [-0.4, -0.2) is 51.1 Å². The molecule has 1 atom stereocenters. The van der Waals surface area contributed by atoms with Crippen LogP contribution in [0.2, 0.25) is 0 Å². The molecule has 1 aromatic heterocycles. The van der Waals surface area contributed by atoms with Crippen molar-refractivity contribution >= 4 is 33.4 Å². The topological polar surface area (TPSA) is 69.6 Å². The van der Waals surface area contributed by atoms with Crippen LogP contribution in [0.25, 0.3) is 21.7 Å². The molecule has 0 saturated carbocycles. The quantitative estimate of drug-likeness (QED) is 0.455. The molecule has 6 nitrogen and oxygen atoms in total. The van der Waals surface area contributed by atoms with Crippen molar-refractivity contribution in [2.75, 3.05) is 24.5 Å². The van der Waals surface area contributed by atoms with Crippen molar-refractivity contribution in [2.45, 2.75) is 37.6 Å². The zero-order valence-electron chi connectivity index (χ0n) is 19.2. The lowest BCUT2D eigenvalue weighted by Gasteiger charge is -2.39. The van der Waals surface area contributed by atoms with Gasteiger partial charge in [-0.05, 0) is 67.1 Å². The van der Waals surface area contributed by atoms with Crippen molar-refractivity contribution < 1.29 is 9.90 Å². The van der Waals surface area contributed by atoms with Gasteiger partial charge in [-0.1, -0.05) is 36.4 Å². The van der Waals surface area contributed by atoms with Gasteiger partial charge in [-0.3, -0.25) is 4.79 Å². The fraction of sp³-hybridized carbons (Fsp3) is 0.321. The van der Waals surface area contributed by atoms with Crippen LogP contribution in [-0.2, 0) is 0 Å². The third kappa shape index (κ3) is 3.45. The van der Waals surface area contributed by atoms with Gasteiger partial charge in [0.05, 0.1) is 11.1 Å². The van der Waals surface area contributed by atoms with Gasteiger partial charge in [0.15, 0.2) is 0 Å². The smallest absolute Gasteiger partial charge is 0.257 e. The van der Waals surface area contributed by atoms with E-state index in [4.69, 9.17) is 4.98 Å². The van der Waals surface area contributed by atoms with E-state index in [0.29, 0.717) is 18.7 Å². The standard InChI is InChI=1S/C28H28N4O2/c33-25-18-21-8-2-1-7-20(21)17-23(25)27(34)31-14-5-11-28(13-16-31)12-6-15-32(28)26-22-9-3-4-10-24(22)29-19-30-26/h1-4,7-10,17-19,33H,5-6,11-16H2/t28-/m0/s1. The summed E-state index contributed by atoms with van der Waals surface area (Å²) < 4.78 is 0. The summed E-state index contributed by atoms with van der Waals surface area (Å²) in [6.45, 7) is 2.34. The van der Waals surface area contributed by atoms with Crippen LogP contribution in [0.1, 0.15) is 42.5 Å². The van der Waals surface area contributed by atoms with E-state index < -0.39 is 0 Å². The number of anilines is 1. The van der Waals surface area contributed by atoms with Gasteiger partial charge in [0.25, 0.3) is 5.91 Å². The van der Waals surface area contributed by atoms with Crippen LogP contribution in [0.4, 0.5) is 5.82 Å². The van der Waals surface area contributed by atoms with E-state index in [1.807, 2.05) is 53.4 Å². The summed E-state index contributed by atoms with van der Waals surface area (Å²) in [6.07, 6.45) is 6.74. The van der Waals surface area contributed by atoms with E-state index in [9.17, 15) is 9.90 Å². The van der Waals surface area contributed by atoms with Crippen molar-refractivity contribution in [3.05, 3.63) is 72.6 Å². The van der Waals surface area contributed by atoms with E-state index in [1.54, 1.807) is 12.4 Å². The van der Waals surface area contributed by atoms with Gasteiger partial charge in [0, 0.05) is 30.6 Å². The Morgan fingerprint density at radius 3 is 2.44 bits per heavy atom. The molecule has 172 valence electrons. The summed E-state index contributed by atoms with van der Waals surface area (Å²) >= 11 is 0. The Morgan fingerprint density at radius 1 is 0.853 bits per heavy atom. The summed E-state index contributed by atoms with van der Waals surface area (Å²) in [5.74, 6) is 0.977. The number of hydrogen-bond acceptors (Lipinski definition) is 5. The lowest BCUT2D eigenvalue weighted by molar-refractivity contribution is 0.0756. The van der Waals surface area contributed by atoms with Gasteiger partial charge in [0.2, 0.25) is 0 Å². The second kappa shape index (κ2) is 8.28. The number of aromatic nitrogens is 2. The number of para-hydroxylation sites is 1. The molecule has 6 rings (SSSR count). The highest BCUT2D eigenvalue weighted by atomic mass is 16.3. The van der Waals surface area contributed by atoms with Crippen molar-refractivity contribution in [2.24, 2.45) is 0 Å². The molecule has 34 heavy (non-hydrogen) atoms. The zero-order chi connectivity index (χ0) is 23.1. The summed E-state index contributed by atoms with van der Waals surface area (Å²) in [6, 6.07) is 19.5. The van der Waals surface area contributed by atoms with Gasteiger partial charge in [0.1, 0.15) is 17.9 Å². The average molecular weight is 453 g/mol. The maximum Gasteiger partial charge on any atom is 0.257 e. The molecule has 2 fully saturated rings. The van der Waals surface area contributed by atoms with Gasteiger partial charge in [-0.2, -0.15) is 0 Å². The van der Waals surface area contributed by atoms with Crippen LogP contribution >= 0.6 is 0 Å². The van der Waals surface area contributed by atoms with Crippen molar-refractivity contribution in [1.29, 1.82) is 0 Å². The third-order valence-corrected chi connectivity index (χ3v) is 7.67. The van der Waals surface area contributed by atoms with Crippen LogP contribution < -0.4 is 4.90 Å². The number of likely N-dealkylation sites (tertiary alicyclic amines) is 1. The molecule has 3 aromatic carbocycles. The molecule has 1 amide bonds. The fourth-order valence-electron chi connectivity index (χ4n) is 5.95. The number of benzene rings is 3. The molecular weight excluding hydrogens is 424 g/mol. The van der Waals surface area contributed by atoms with Crippen molar-refractivity contribution in [1.82, 2.24) is 14.9 Å². The number of amides is 1. The molecule has 1 spiro atoms. The Morgan fingerprint density at radius 2 is 1.59 bits per heavy atom. The minimum atomic E-state index is -0.0858. The molecule has 1 N–H and O–H groups in total. The van der Waals surface area contributed by atoms with Gasteiger partial charge < -0.3 is 14.9 Å². The molecule has 3 heterocycles. The number of rotatable bonds is 2. The Labute approximate surface area is 198 Å². The molecule has 4 aromatic rings. The average Bonchev–Trinajstić information content (AvgIpc) is 3.15. The van der Waals surface area contributed by atoms with Crippen molar-refractivity contribution in [3.63, 3.8) is 0 Å². The molecule has 0 unspecified atom stereocenters. The maximum absolute atomic E-state index is 13.5. The first-order valence-corrected chi connectivity index (χ1v) is 12.1. The molecule has 0 radical (unpaired) electrons. The lowest BCUT2D eigenvalue weighted by atomic mass is 9.87. The molecule has 6 heteroatoms. The predicted octanol–water partition coefficient (Wildman–Crippen LogP) is 5.15. The highest BCUT2D eigenvalue weighted by molar-refractivity contribution is 6.01. The second-order valence-electron chi connectivity index (χ2n) is 9.56. The van der Waals surface area contributed by atoms with E-state index >= 15 is 0 Å². The first-order chi connectivity index (χ1) is 16.6.